The zero-order chi connectivity index (χ0) is 12.6. The molecule has 0 bridgehead atoms. The Bertz CT molecular complexity index is 218. The highest BCUT2D eigenvalue weighted by atomic mass is 32.2. The Balaban J connectivity index is 1.47. The lowest BCUT2D eigenvalue weighted by atomic mass is 10.1. The molecule has 106 valence electrons. The van der Waals surface area contributed by atoms with Gasteiger partial charge in [-0.25, -0.2) is 0 Å². The van der Waals surface area contributed by atoms with Crippen molar-refractivity contribution < 1.29 is 14.6 Å². The first-order valence-corrected chi connectivity index (χ1v) is 8.18. The Hall–Kier alpha value is 0.190. The number of thioether (sulfide) groups is 1. The average Bonchev–Trinajstić information content (AvgIpc) is 2.91. The van der Waals surface area contributed by atoms with Gasteiger partial charge in [-0.15, -0.1) is 0 Å². The van der Waals surface area contributed by atoms with Crippen LogP contribution in [0.15, 0.2) is 0 Å². The molecule has 2 saturated heterocycles. The number of aliphatic hydroxyl groups excluding tert-OH is 1. The minimum atomic E-state index is -0.402. The van der Waals surface area contributed by atoms with Gasteiger partial charge in [0, 0.05) is 19.2 Å². The normalized spacial score (nSPS) is 27.5. The molecule has 2 heterocycles. The summed E-state index contributed by atoms with van der Waals surface area (Å²) in [4.78, 5) is 0. The second-order valence-corrected chi connectivity index (χ2v) is 6.35. The van der Waals surface area contributed by atoms with Gasteiger partial charge in [0.1, 0.15) is 0 Å². The Morgan fingerprint density at radius 3 is 2.89 bits per heavy atom. The molecule has 2 fully saturated rings. The summed E-state index contributed by atoms with van der Waals surface area (Å²) in [7, 11) is 0. The molecule has 4 nitrogen and oxygen atoms in total. The summed E-state index contributed by atoms with van der Waals surface area (Å²) >= 11 is 2.02. The summed E-state index contributed by atoms with van der Waals surface area (Å²) in [6, 6.07) is 0.582. The second-order valence-electron chi connectivity index (χ2n) is 5.12. The highest BCUT2D eigenvalue weighted by Crippen LogP contribution is 2.16. The quantitative estimate of drug-likeness (QED) is 0.727. The second kappa shape index (κ2) is 8.38. The van der Waals surface area contributed by atoms with Crippen LogP contribution >= 0.6 is 11.8 Å². The first-order chi connectivity index (χ1) is 8.84. The molecule has 0 aromatic heterocycles. The maximum atomic E-state index is 9.82. The summed E-state index contributed by atoms with van der Waals surface area (Å²) in [5, 5.41) is 13.2. The van der Waals surface area contributed by atoms with Crippen LogP contribution in [-0.4, -0.2) is 61.2 Å². The highest BCUT2D eigenvalue weighted by molar-refractivity contribution is 7.99. The van der Waals surface area contributed by atoms with E-state index in [2.05, 4.69) is 5.32 Å². The van der Waals surface area contributed by atoms with Crippen LogP contribution in [-0.2, 0) is 9.47 Å². The molecule has 5 heteroatoms. The van der Waals surface area contributed by atoms with E-state index in [1.54, 1.807) is 0 Å². The molecule has 2 rings (SSSR count). The van der Waals surface area contributed by atoms with Crippen molar-refractivity contribution in [1.82, 2.24) is 5.32 Å². The van der Waals surface area contributed by atoms with E-state index in [4.69, 9.17) is 9.47 Å². The third-order valence-corrected chi connectivity index (χ3v) is 4.55. The monoisotopic (exact) mass is 275 g/mol. The fraction of sp³-hybridized carbons (Fsp3) is 1.00. The van der Waals surface area contributed by atoms with Gasteiger partial charge in [-0.1, -0.05) is 0 Å². The molecule has 0 radical (unpaired) electrons. The van der Waals surface area contributed by atoms with E-state index in [1.807, 2.05) is 11.8 Å². The van der Waals surface area contributed by atoms with Crippen molar-refractivity contribution in [2.24, 2.45) is 0 Å². The van der Waals surface area contributed by atoms with Crippen LogP contribution in [0, 0.1) is 0 Å². The van der Waals surface area contributed by atoms with Gasteiger partial charge in [0.15, 0.2) is 0 Å². The number of hydrogen-bond acceptors (Lipinski definition) is 5. The molecule has 2 unspecified atom stereocenters. The minimum Gasteiger partial charge on any atom is -0.389 e. The number of aliphatic hydroxyl groups is 1. The zero-order valence-electron chi connectivity index (χ0n) is 11.0. The standard InChI is InChI=1S/C13H25NO3S/c15-12(8-14-11-3-6-18-7-4-11)9-16-10-13-2-1-5-17-13/h11-15H,1-10H2. The smallest absolute Gasteiger partial charge is 0.0897 e. The maximum Gasteiger partial charge on any atom is 0.0897 e. The molecular formula is C13H25NO3S. The van der Waals surface area contributed by atoms with E-state index in [1.165, 1.54) is 24.3 Å². The van der Waals surface area contributed by atoms with E-state index < -0.39 is 6.10 Å². The van der Waals surface area contributed by atoms with Crippen LogP contribution in [0.4, 0.5) is 0 Å². The van der Waals surface area contributed by atoms with Crippen molar-refractivity contribution >= 4 is 11.8 Å². The van der Waals surface area contributed by atoms with Gasteiger partial charge in [-0.2, -0.15) is 11.8 Å². The van der Waals surface area contributed by atoms with Crippen LogP contribution in [0.1, 0.15) is 25.7 Å². The number of rotatable bonds is 7. The van der Waals surface area contributed by atoms with Crippen molar-refractivity contribution in [2.45, 2.75) is 43.9 Å². The molecule has 0 amide bonds. The maximum absolute atomic E-state index is 9.82. The molecule has 2 atom stereocenters. The van der Waals surface area contributed by atoms with Crippen molar-refractivity contribution in [2.75, 3.05) is 37.9 Å². The predicted octanol–water partition coefficient (Wildman–Crippen LogP) is 1.03. The van der Waals surface area contributed by atoms with E-state index in [-0.39, 0.29) is 6.10 Å². The summed E-state index contributed by atoms with van der Waals surface area (Å²) in [6.45, 7) is 2.53. The lowest BCUT2D eigenvalue weighted by molar-refractivity contribution is -0.0169. The van der Waals surface area contributed by atoms with Crippen LogP contribution in [0.25, 0.3) is 0 Å². The molecule has 0 spiro atoms. The Morgan fingerprint density at radius 2 is 2.17 bits per heavy atom. The molecular weight excluding hydrogens is 250 g/mol. The molecule has 2 aliphatic heterocycles. The van der Waals surface area contributed by atoms with Gasteiger partial charge in [0.2, 0.25) is 0 Å². The average molecular weight is 275 g/mol. The van der Waals surface area contributed by atoms with Gasteiger partial charge in [-0.3, -0.25) is 0 Å². The minimum absolute atomic E-state index is 0.250. The first kappa shape index (κ1) is 14.6. The van der Waals surface area contributed by atoms with E-state index in [9.17, 15) is 5.11 Å². The Labute approximate surface area is 114 Å². The molecule has 0 saturated carbocycles. The van der Waals surface area contributed by atoms with E-state index in [0.29, 0.717) is 25.8 Å². The van der Waals surface area contributed by atoms with Gasteiger partial charge in [0.25, 0.3) is 0 Å². The van der Waals surface area contributed by atoms with Crippen LogP contribution in [0.2, 0.25) is 0 Å². The van der Waals surface area contributed by atoms with Gasteiger partial charge < -0.3 is 19.9 Å². The summed E-state index contributed by atoms with van der Waals surface area (Å²) in [5.41, 5.74) is 0. The topological polar surface area (TPSA) is 50.7 Å². The number of ether oxygens (including phenoxy) is 2. The molecule has 18 heavy (non-hydrogen) atoms. The molecule has 2 aliphatic rings. The third kappa shape index (κ3) is 5.45. The predicted molar refractivity (Wildman–Crippen MR) is 74.1 cm³/mol. The SMILES string of the molecule is OC(CNC1CCSCC1)COCC1CCCO1. The van der Waals surface area contributed by atoms with Crippen LogP contribution < -0.4 is 5.32 Å². The lowest BCUT2D eigenvalue weighted by Crippen LogP contribution is -2.39. The van der Waals surface area contributed by atoms with Gasteiger partial charge in [0.05, 0.1) is 25.4 Å². The van der Waals surface area contributed by atoms with Crippen LogP contribution in [0.3, 0.4) is 0 Å². The molecule has 0 aromatic carbocycles. The Kier molecular flexibility index (Phi) is 6.79. The molecule has 2 N–H and O–H groups in total. The molecule has 0 aromatic rings. The van der Waals surface area contributed by atoms with Crippen molar-refractivity contribution in [1.29, 1.82) is 0 Å². The summed E-state index contributed by atoms with van der Waals surface area (Å²) in [5.74, 6) is 2.48. The van der Waals surface area contributed by atoms with Gasteiger partial charge in [-0.05, 0) is 37.2 Å². The zero-order valence-corrected chi connectivity index (χ0v) is 11.8. The van der Waals surface area contributed by atoms with E-state index in [0.717, 1.165) is 19.4 Å². The summed E-state index contributed by atoms with van der Waals surface area (Å²) in [6.07, 6.45) is 4.51. The Morgan fingerprint density at radius 1 is 1.33 bits per heavy atom. The first-order valence-electron chi connectivity index (χ1n) is 7.03. The fourth-order valence-electron chi connectivity index (χ4n) is 2.37. The van der Waals surface area contributed by atoms with E-state index >= 15 is 0 Å². The van der Waals surface area contributed by atoms with Crippen molar-refractivity contribution in [3.8, 4) is 0 Å². The summed E-state index contributed by atoms with van der Waals surface area (Å²) < 4.78 is 11.0. The molecule has 0 aliphatic carbocycles. The number of hydrogen-bond donors (Lipinski definition) is 2. The largest absolute Gasteiger partial charge is 0.389 e. The van der Waals surface area contributed by atoms with Crippen molar-refractivity contribution in [3.05, 3.63) is 0 Å². The van der Waals surface area contributed by atoms with Crippen LogP contribution in [0.5, 0.6) is 0 Å². The van der Waals surface area contributed by atoms with Gasteiger partial charge >= 0.3 is 0 Å². The number of nitrogens with one attached hydrogen (secondary N) is 1. The fourth-order valence-corrected chi connectivity index (χ4v) is 3.48. The third-order valence-electron chi connectivity index (χ3n) is 3.50. The highest BCUT2D eigenvalue weighted by Gasteiger charge is 2.17. The lowest BCUT2D eigenvalue weighted by Gasteiger charge is -2.24. The van der Waals surface area contributed by atoms with Crippen molar-refractivity contribution in [3.63, 3.8) is 0 Å².